The second-order valence-electron chi connectivity index (χ2n) is 6.12. The van der Waals surface area contributed by atoms with E-state index in [1.165, 1.54) is 19.0 Å². The van der Waals surface area contributed by atoms with Gasteiger partial charge in [0.15, 0.2) is 0 Å². The number of rotatable bonds is 3. The second-order valence-corrected chi connectivity index (χ2v) is 6.12. The van der Waals surface area contributed by atoms with Gasteiger partial charge in [-0.15, -0.1) is 0 Å². The van der Waals surface area contributed by atoms with Crippen LogP contribution in [0, 0.1) is 5.41 Å². The molecule has 5 N–H and O–H groups in total. The third-order valence-electron chi connectivity index (χ3n) is 3.76. The molecule has 0 radical (unpaired) electrons. The van der Waals surface area contributed by atoms with Gasteiger partial charge < -0.3 is 16.8 Å². The summed E-state index contributed by atoms with van der Waals surface area (Å²) in [7, 11) is 0. The maximum absolute atomic E-state index is 11.3. The molecule has 0 spiro atoms. The summed E-state index contributed by atoms with van der Waals surface area (Å²) in [5, 5.41) is 3.38. The largest absolute Gasteiger partial charge is 0.397 e. The number of nitrogens with one attached hydrogen (secondary N) is 1. The van der Waals surface area contributed by atoms with Crippen LogP contribution in [-0.2, 0) is 0 Å². The molecule has 104 valence electrons. The minimum absolute atomic E-state index is 0.321. The fourth-order valence-corrected chi connectivity index (χ4v) is 2.79. The number of nitrogen functional groups attached to an aromatic ring is 1. The molecule has 5 heteroatoms. The van der Waals surface area contributed by atoms with E-state index in [-0.39, 0.29) is 0 Å². The highest BCUT2D eigenvalue weighted by Gasteiger charge is 2.28. The molecule has 2 rings (SSSR count). The Labute approximate surface area is 113 Å². The molecule has 0 aliphatic heterocycles. The van der Waals surface area contributed by atoms with Gasteiger partial charge in [-0.05, 0) is 30.7 Å². The van der Waals surface area contributed by atoms with E-state index in [0.29, 0.717) is 28.5 Å². The van der Waals surface area contributed by atoms with Crippen molar-refractivity contribution in [1.82, 2.24) is 4.98 Å². The lowest BCUT2D eigenvalue weighted by atomic mass is 9.75. The molecule has 0 saturated heterocycles. The van der Waals surface area contributed by atoms with Crippen molar-refractivity contribution < 1.29 is 4.79 Å². The third-order valence-corrected chi connectivity index (χ3v) is 3.76. The first-order valence-electron chi connectivity index (χ1n) is 6.69. The molecule has 19 heavy (non-hydrogen) atoms. The van der Waals surface area contributed by atoms with Crippen LogP contribution in [0.25, 0.3) is 0 Å². The Kier molecular flexibility index (Phi) is 3.64. The summed E-state index contributed by atoms with van der Waals surface area (Å²) in [5.41, 5.74) is 12.0. The third kappa shape index (κ3) is 3.36. The molecule has 1 fully saturated rings. The van der Waals surface area contributed by atoms with Crippen molar-refractivity contribution in [3.63, 3.8) is 0 Å². The van der Waals surface area contributed by atoms with Crippen molar-refractivity contribution in [3.05, 3.63) is 17.8 Å². The standard InChI is InChI=1S/C14H22N4O/c1-14(2)5-3-4-9(7-14)18-12-6-10(13(16)19)11(15)8-17-12/h6,8-9H,3-5,7,15H2,1-2H3,(H2,16,19)(H,17,18). The molecule has 1 amide bonds. The monoisotopic (exact) mass is 262 g/mol. The quantitative estimate of drug-likeness (QED) is 0.778. The number of aromatic nitrogens is 1. The van der Waals surface area contributed by atoms with Crippen molar-refractivity contribution in [1.29, 1.82) is 0 Å². The van der Waals surface area contributed by atoms with Crippen molar-refractivity contribution in [3.8, 4) is 0 Å². The minimum Gasteiger partial charge on any atom is -0.397 e. The summed E-state index contributed by atoms with van der Waals surface area (Å²) >= 11 is 0. The number of nitrogens with two attached hydrogens (primary N) is 2. The SMILES string of the molecule is CC1(C)CCCC(Nc2cc(C(N)=O)c(N)cn2)C1. The van der Waals surface area contributed by atoms with Crippen molar-refractivity contribution in [2.45, 2.75) is 45.6 Å². The van der Waals surface area contributed by atoms with E-state index in [4.69, 9.17) is 11.5 Å². The highest BCUT2D eigenvalue weighted by molar-refractivity contribution is 5.98. The van der Waals surface area contributed by atoms with Crippen LogP contribution in [0.3, 0.4) is 0 Å². The average Bonchev–Trinajstić information content (AvgIpc) is 2.30. The number of pyridine rings is 1. The van der Waals surface area contributed by atoms with Crippen LogP contribution in [0.2, 0.25) is 0 Å². The van der Waals surface area contributed by atoms with Gasteiger partial charge in [0.2, 0.25) is 0 Å². The van der Waals surface area contributed by atoms with Crippen LogP contribution in [0.5, 0.6) is 0 Å². The number of primary amides is 1. The minimum atomic E-state index is -0.521. The van der Waals surface area contributed by atoms with Crippen molar-refractivity contribution in [2.75, 3.05) is 11.1 Å². The molecule has 1 aromatic rings. The summed E-state index contributed by atoms with van der Waals surface area (Å²) in [6.07, 6.45) is 6.18. The Morgan fingerprint density at radius 2 is 2.26 bits per heavy atom. The molecule has 0 aromatic carbocycles. The fourth-order valence-electron chi connectivity index (χ4n) is 2.79. The van der Waals surface area contributed by atoms with Crippen LogP contribution < -0.4 is 16.8 Å². The zero-order chi connectivity index (χ0) is 14.0. The van der Waals surface area contributed by atoms with Gasteiger partial charge in [-0.25, -0.2) is 4.98 Å². The summed E-state index contributed by atoms with van der Waals surface area (Å²) in [6, 6.07) is 2.03. The topological polar surface area (TPSA) is 94.0 Å². The van der Waals surface area contributed by atoms with Crippen molar-refractivity contribution in [2.24, 2.45) is 11.1 Å². The van der Waals surface area contributed by atoms with Crippen LogP contribution in [-0.4, -0.2) is 16.9 Å². The van der Waals surface area contributed by atoms with Gasteiger partial charge in [-0.3, -0.25) is 4.79 Å². The van der Waals surface area contributed by atoms with E-state index in [0.717, 1.165) is 12.8 Å². The van der Waals surface area contributed by atoms with Gasteiger partial charge in [0.1, 0.15) is 5.82 Å². The molecule has 1 aliphatic carbocycles. The van der Waals surface area contributed by atoms with Crippen molar-refractivity contribution >= 4 is 17.4 Å². The maximum Gasteiger partial charge on any atom is 0.250 e. The van der Waals surface area contributed by atoms with Gasteiger partial charge >= 0.3 is 0 Å². The van der Waals surface area contributed by atoms with Gasteiger partial charge in [-0.1, -0.05) is 20.3 Å². The van der Waals surface area contributed by atoms with E-state index >= 15 is 0 Å². The molecule has 1 heterocycles. The summed E-state index contributed by atoms with van der Waals surface area (Å²) < 4.78 is 0. The maximum atomic E-state index is 11.3. The Bertz CT molecular complexity index is 484. The van der Waals surface area contributed by atoms with Crippen LogP contribution in [0.1, 0.15) is 49.9 Å². The first-order chi connectivity index (χ1) is 8.87. The molecule has 1 atom stereocenters. The number of hydrogen-bond donors (Lipinski definition) is 3. The van der Waals surface area contributed by atoms with Crippen LogP contribution >= 0.6 is 0 Å². The van der Waals surface area contributed by atoms with Gasteiger partial charge in [0.25, 0.3) is 5.91 Å². The number of nitrogens with zero attached hydrogens (tertiary/aromatic N) is 1. The molecule has 1 unspecified atom stereocenters. The van der Waals surface area contributed by atoms with E-state index in [1.54, 1.807) is 6.07 Å². The lowest BCUT2D eigenvalue weighted by molar-refractivity contribution is 0.100. The Hall–Kier alpha value is -1.78. The van der Waals surface area contributed by atoms with Gasteiger partial charge in [-0.2, -0.15) is 0 Å². The molecule has 1 aromatic heterocycles. The Morgan fingerprint density at radius 1 is 1.53 bits per heavy atom. The van der Waals surface area contributed by atoms with E-state index < -0.39 is 5.91 Å². The second kappa shape index (κ2) is 5.07. The molecule has 1 aliphatic rings. The van der Waals surface area contributed by atoms with Crippen LogP contribution in [0.4, 0.5) is 11.5 Å². The predicted octanol–water partition coefficient (Wildman–Crippen LogP) is 2.14. The molecule has 5 nitrogen and oxygen atoms in total. The zero-order valence-corrected chi connectivity index (χ0v) is 11.6. The lowest BCUT2D eigenvalue weighted by Crippen LogP contribution is -2.32. The average molecular weight is 262 g/mol. The normalized spacial score (nSPS) is 21.9. The van der Waals surface area contributed by atoms with Gasteiger partial charge in [0, 0.05) is 6.04 Å². The Balaban J connectivity index is 2.11. The number of hydrogen-bond acceptors (Lipinski definition) is 4. The number of anilines is 2. The number of carbonyl (C=O) groups excluding carboxylic acids is 1. The highest BCUT2D eigenvalue weighted by atomic mass is 16.1. The molecule has 0 bridgehead atoms. The van der Waals surface area contributed by atoms with E-state index in [9.17, 15) is 4.79 Å². The zero-order valence-electron chi connectivity index (χ0n) is 11.6. The van der Waals surface area contributed by atoms with E-state index in [2.05, 4.69) is 24.1 Å². The number of carbonyl (C=O) groups is 1. The van der Waals surface area contributed by atoms with Gasteiger partial charge in [0.05, 0.1) is 17.4 Å². The summed E-state index contributed by atoms with van der Waals surface area (Å²) in [6.45, 7) is 4.57. The smallest absolute Gasteiger partial charge is 0.250 e. The Morgan fingerprint density at radius 3 is 2.89 bits per heavy atom. The van der Waals surface area contributed by atoms with E-state index in [1.807, 2.05) is 0 Å². The summed E-state index contributed by atoms with van der Waals surface area (Å²) in [5.74, 6) is 0.151. The first-order valence-corrected chi connectivity index (χ1v) is 6.69. The molecular formula is C14H22N4O. The van der Waals surface area contributed by atoms with Crippen LogP contribution in [0.15, 0.2) is 12.3 Å². The summed E-state index contributed by atoms with van der Waals surface area (Å²) in [4.78, 5) is 15.5. The highest BCUT2D eigenvalue weighted by Crippen LogP contribution is 2.36. The predicted molar refractivity (Wildman–Crippen MR) is 76.8 cm³/mol. The lowest BCUT2D eigenvalue weighted by Gasteiger charge is -2.35. The fraction of sp³-hybridized carbons (Fsp3) is 0.571. The molecule has 1 saturated carbocycles. The molecular weight excluding hydrogens is 240 g/mol. The number of amides is 1. The first kappa shape index (κ1) is 13.6.